The van der Waals surface area contributed by atoms with E-state index in [4.69, 9.17) is 9.84 Å². The van der Waals surface area contributed by atoms with Crippen molar-refractivity contribution in [2.45, 2.75) is 39.2 Å². The van der Waals surface area contributed by atoms with E-state index < -0.39 is 23.6 Å². The number of ether oxygens (including phenoxy) is 1. The monoisotopic (exact) mass is 257 g/mol. The zero-order valence-electron chi connectivity index (χ0n) is 10.9. The summed E-state index contributed by atoms with van der Waals surface area (Å²) < 4.78 is 5.18. The highest BCUT2D eigenvalue weighted by atomic mass is 16.6. The lowest BCUT2D eigenvalue weighted by Gasteiger charge is -2.27. The highest BCUT2D eigenvalue weighted by Gasteiger charge is 2.34. The summed E-state index contributed by atoms with van der Waals surface area (Å²) in [5.74, 6) is -2.65. The Balaban J connectivity index is 2.74. The third-order valence-electron chi connectivity index (χ3n) is 2.59. The Bertz CT molecular complexity index is 358. The second-order valence-corrected chi connectivity index (χ2v) is 5.39. The summed E-state index contributed by atoms with van der Waals surface area (Å²) in [6, 6.07) is 0. The summed E-state index contributed by atoms with van der Waals surface area (Å²) in [6.45, 7) is 5.46. The molecule has 18 heavy (non-hydrogen) atoms. The second kappa shape index (κ2) is 5.37. The van der Waals surface area contributed by atoms with E-state index in [0.717, 1.165) is 0 Å². The van der Waals surface area contributed by atoms with E-state index in [0.29, 0.717) is 13.0 Å². The summed E-state index contributed by atoms with van der Waals surface area (Å²) >= 11 is 0. The molecule has 1 rings (SSSR count). The molecular formula is C12H19NO5. The van der Waals surface area contributed by atoms with E-state index in [-0.39, 0.29) is 18.7 Å². The normalized spacial score (nSPS) is 21.4. The van der Waals surface area contributed by atoms with Crippen molar-refractivity contribution in [3.8, 4) is 0 Å². The van der Waals surface area contributed by atoms with Gasteiger partial charge in [-0.1, -0.05) is 0 Å². The fraction of sp³-hybridized carbons (Fsp3) is 0.750. The van der Waals surface area contributed by atoms with Crippen LogP contribution in [0.5, 0.6) is 0 Å². The molecule has 6 heteroatoms. The Morgan fingerprint density at radius 2 is 2.00 bits per heavy atom. The van der Waals surface area contributed by atoms with Crippen LogP contribution < -0.4 is 0 Å². The smallest absolute Gasteiger partial charge is 0.410 e. The highest BCUT2D eigenvalue weighted by Crippen LogP contribution is 2.17. The van der Waals surface area contributed by atoms with Gasteiger partial charge in [0.2, 0.25) is 0 Å². The molecule has 1 saturated heterocycles. The van der Waals surface area contributed by atoms with Crippen LogP contribution in [0, 0.1) is 5.92 Å². The van der Waals surface area contributed by atoms with Crippen LogP contribution in [0.15, 0.2) is 0 Å². The van der Waals surface area contributed by atoms with Crippen molar-refractivity contribution in [3.05, 3.63) is 0 Å². The molecular weight excluding hydrogens is 238 g/mol. The van der Waals surface area contributed by atoms with E-state index in [9.17, 15) is 14.4 Å². The van der Waals surface area contributed by atoms with Gasteiger partial charge in [0.1, 0.15) is 17.3 Å². The van der Waals surface area contributed by atoms with E-state index in [1.54, 1.807) is 20.8 Å². The number of rotatable bonds is 1. The van der Waals surface area contributed by atoms with Gasteiger partial charge in [0.15, 0.2) is 0 Å². The van der Waals surface area contributed by atoms with E-state index in [1.807, 2.05) is 0 Å². The van der Waals surface area contributed by atoms with Crippen LogP contribution in [0.2, 0.25) is 0 Å². The third kappa shape index (κ3) is 4.01. The van der Waals surface area contributed by atoms with Gasteiger partial charge >= 0.3 is 12.1 Å². The number of carbonyl (C=O) groups excluding carboxylic acids is 2. The predicted octanol–water partition coefficient (Wildman–Crippen LogP) is 1.29. The van der Waals surface area contributed by atoms with Gasteiger partial charge in [0.05, 0.1) is 0 Å². The van der Waals surface area contributed by atoms with E-state index in [1.165, 1.54) is 4.90 Å². The van der Waals surface area contributed by atoms with Crippen molar-refractivity contribution in [3.63, 3.8) is 0 Å². The van der Waals surface area contributed by atoms with Crippen LogP contribution in [0.3, 0.4) is 0 Å². The molecule has 0 spiro atoms. The molecule has 102 valence electrons. The van der Waals surface area contributed by atoms with Gasteiger partial charge in [-0.25, -0.2) is 4.79 Å². The van der Waals surface area contributed by atoms with Crippen molar-refractivity contribution >= 4 is 17.8 Å². The standard InChI is InChI=1S/C12H19NO5/c1-12(2,3)18-11(17)13-6-4-5-9(14)8(7-13)10(15)16/h8H,4-7H2,1-3H3,(H,15,16). The average molecular weight is 257 g/mol. The zero-order chi connectivity index (χ0) is 13.9. The molecule has 0 aromatic rings. The summed E-state index contributed by atoms with van der Waals surface area (Å²) in [5, 5.41) is 8.97. The molecule has 0 radical (unpaired) electrons. The topological polar surface area (TPSA) is 83.9 Å². The van der Waals surface area contributed by atoms with Crippen LogP contribution in [-0.4, -0.2) is 46.5 Å². The van der Waals surface area contributed by atoms with Crippen LogP contribution >= 0.6 is 0 Å². The molecule has 0 aliphatic carbocycles. The predicted molar refractivity (Wildman–Crippen MR) is 63.2 cm³/mol. The van der Waals surface area contributed by atoms with Gasteiger partial charge in [-0.3, -0.25) is 9.59 Å². The van der Waals surface area contributed by atoms with Crippen molar-refractivity contribution in [2.24, 2.45) is 5.92 Å². The number of aliphatic carboxylic acids is 1. The van der Waals surface area contributed by atoms with Crippen LogP contribution in [-0.2, 0) is 14.3 Å². The molecule has 1 atom stereocenters. The number of hydrogen-bond donors (Lipinski definition) is 1. The lowest BCUT2D eigenvalue weighted by molar-refractivity contribution is -0.146. The van der Waals surface area contributed by atoms with Crippen LogP contribution in [0.25, 0.3) is 0 Å². The largest absolute Gasteiger partial charge is 0.481 e. The number of likely N-dealkylation sites (tertiary alicyclic amines) is 1. The Morgan fingerprint density at radius 1 is 1.39 bits per heavy atom. The molecule has 1 N–H and O–H groups in total. The number of hydrogen-bond acceptors (Lipinski definition) is 4. The van der Waals surface area contributed by atoms with Crippen molar-refractivity contribution in [1.29, 1.82) is 0 Å². The number of carboxylic acid groups (broad SMARTS) is 1. The number of nitrogens with zero attached hydrogens (tertiary/aromatic N) is 1. The van der Waals surface area contributed by atoms with Crippen molar-refractivity contribution in [1.82, 2.24) is 4.90 Å². The fourth-order valence-corrected chi connectivity index (χ4v) is 1.74. The molecule has 1 aliphatic rings. The Hall–Kier alpha value is -1.59. The molecule has 1 fully saturated rings. The first-order valence-electron chi connectivity index (χ1n) is 5.94. The first-order valence-corrected chi connectivity index (χ1v) is 5.94. The quantitative estimate of drug-likeness (QED) is 0.715. The van der Waals surface area contributed by atoms with Crippen LogP contribution in [0.4, 0.5) is 4.79 Å². The van der Waals surface area contributed by atoms with E-state index >= 15 is 0 Å². The Labute approximate surface area is 106 Å². The van der Waals surface area contributed by atoms with Gasteiger partial charge in [0.25, 0.3) is 0 Å². The lowest BCUT2D eigenvalue weighted by Crippen LogP contribution is -2.41. The molecule has 1 amide bonds. The molecule has 0 bridgehead atoms. The Kier molecular flexibility index (Phi) is 4.32. The molecule has 1 aliphatic heterocycles. The SMILES string of the molecule is CC(C)(C)OC(=O)N1CCCC(=O)C(C(=O)O)C1. The molecule has 0 aromatic heterocycles. The molecule has 1 unspecified atom stereocenters. The summed E-state index contributed by atoms with van der Waals surface area (Å²) in [4.78, 5) is 35.7. The highest BCUT2D eigenvalue weighted by molar-refractivity contribution is 5.99. The summed E-state index contributed by atoms with van der Waals surface area (Å²) in [5.41, 5.74) is -0.633. The van der Waals surface area contributed by atoms with Gasteiger partial charge in [-0.15, -0.1) is 0 Å². The maximum absolute atomic E-state index is 11.8. The first-order chi connectivity index (χ1) is 8.20. The molecule has 0 saturated carbocycles. The first kappa shape index (κ1) is 14.5. The number of Topliss-reactive ketones (excluding diaryl/α,β-unsaturated/α-hetero) is 1. The summed E-state index contributed by atoms with van der Waals surface area (Å²) in [7, 11) is 0. The number of amides is 1. The minimum absolute atomic E-state index is 0.108. The lowest BCUT2D eigenvalue weighted by atomic mass is 10.0. The Morgan fingerprint density at radius 3 is 2.50 bits per heavy atom. The molecule has 1 heterocycles. The van der Waals surface area contributed by atoms with Crippen LogP contribution in [0.1, 0.15) is 33.6 Å². The zero-order valence-corrected chi connectivity index (χ0v) is 10.9. The molecule has 6 nitrogen and oxygen atoms in total. The number of ketones is 1. The number of carbonyl (C=O) groups is 3. The maximum atomic E-state index is 11.8. The molecule has 0 aromatic carbocycles. The van der Waals surface area contributed by atoms with Crippen molar-refractivity contribution < 1.29 is 24.2 Å². The van der Waals surface area contributed by atoms with E-state index in [2.05, 4.69) is 0 Å². The van der Waals surface area contributed by atoms with Crippen molar-refractivity contribution in [2.75, 3.05) is 13.1 Å². The third-order valence-corrected chi connectivity index (χ3v) is 2.59. The maximum Gasteiger partial charge on any atom is 0.410 e. The summed E-state index contributed by atoms with van der Waals surface area (Å²) in [6.07, 6.45) is 0.0986. The van der Waals surface area contributed by atoms with Gasteiger partial charge in [-0.05, 0) is 27.2 Å². The average Bonchev–Trinajstić information content (AvgIpc) is 2.37. The fourth-order valence-electron chi connectivity index (χ4n) is 1.74. The van der Waals surface area contributed by atoms with Gasteiger partial charge in [0, 0.05) is 19.5 Å². The van der Waals surface area contributed by atoms with Gasteiger partial charge in [-0.2, -0.15) is 0 Å². The van der Waals surface area contributed by atoms with Gasteiger partial charge < -0.3 is 14.7 Å². The second-order valence-electron chi connectivity index (χ2n) is 5.39. The number of carboxylic acids is 1. The minimum atomic E-state index is -1.18. The minimum Gasteiger partial charge on any atom is -0.481 e.